The van der Waals surface area contributed by atoms with Gasteiger partial charge in [0.25, 0.3) is 0 Å². The van der Waals surface area contributed by atoms with Gasteiger partial charge < -0.3 is 0 Å². The number of ketones is 1. The first kappa shape index (κ1) is 12.2. The van der Waals surface area contributed by atoms with E-state index >= 15 is 0 Å². The third kappa shape index (κ3) is 4.07. The third-order valence-corrected chi connectivity index (χ3v) is 2.42. The Morgan fingerprint density at radius 1 is 1.46 bits per heavy atom. The van der Waals surface area contributed by atoms with Crippen LogP contribution in [0.15, 0.2) is 0 Å². The Bertz CT molecular complexity index is 193. The minimum atomic E-state index is -0.429. The summed E-state index contributed by atoms with van der Waals surface area (Å²) in [5, 5.41) is 8.60. The molecule has 2 atom stereocenters. The zero-order chi connectivity index (χ0) is 10.3. The van der Waals surface area contributed by atoms with E-state index in [0.717, 1.165) is 25.7 Å². The van der Waals surface area contributed by atoms with E-state index in [1.54, 1.807) is 6.92 Å². The number of rotatable bonds is 6. The Balaban J connectivity index is 4.08. The van der Waals surface area contributed by atoms with Gasteiger partial charge in [0.15, 0.2) is 5.78 Å². The fraction of sp³-hybridized carbons (Fsp3) is 0.818. The summed E-state index contributed by atoms with van der Waals surface area (Å²) >= 11 is 0. The second-order valence-electron chi connectivity index (χ2n) is 3.50. The van der Waals surface area contributed by atoms with E-state index in [9.17, 15) is 4.79 Å². The molecule has 74 valence electrons. The highest BCUT2D eigenvalue weighted by molar-refractivity contribution is 5.85. The van der Waals surface area contributed by atoms with Crippen LogP contribution in [0.25, 0.3) is 0 Å². The number of hydrogen-bond donors (Lipinski definition) is 0. The van der Waals surface area contributed by atoms with Crippen LogP contribution in [0.1, 0.15) is 46.5 Å². The summed E-state index contributed by atoms with van der Waals surface area (Å²) in [5.41, 5.74) is 0. The van der Waals surface area contributed by atoms with Crippen molar-refractivity contribution in [1.82, 2.24) is 0 Å². The fourth-order valence-corrected chi connectivity index (χ4v) is 1.42. The number of hydrogen-bond acceptors (Lipinski definition) is 2. The van der Waals surface area contributed by atoms with Gasteiger partial charge in [0.2, 0.25) is 0 Å². The molecule has 0 radical (unpaired) electrons. The molecule has 0 N–H and O–H groups in total. The molecule has 0 spiro atoms. The first-order valence-electron chi connectivity index (χ1n) is 5.10. The summed E-state index contributed by atoms with van der Waals surface area (Å²) in [6.45, 7) is 5.82. The van der Waals surface area contributed by atoms with Gasteiger partial charge in [0, 0.05) is 5.92 Å². The maximum Gasteiger partial charge on any atom is 0.152 e. The van der Waals surface area contributed by atoms with E-state index in [0.29, 0.717) is 0 Å². The van der Waals surface area contributed by atoms with Gasteiger partial charge in [-0.05, 0) is 19.8 Å². The largest absolute Gasteiger partial charge is 0.298 e. The van der Waals surface area contributed by atoms with Crippen molar-refractivity contribution >= 4 is 5.78 Å². The predicted molar refractivity (Wildman–Crippen MR) is 53.1 cm³/mol. The molecule has 13 heavy (non-hydrogen) atoms. The lowest BCUT2D eigenvalue weighted by Crippen LogP contribution is -2.20. The predicted octanol–water partition coefficient (Wildman–Crippen LogP) is 2.93. The normalized spacial score (nSPS) is 14.6. The van der Waals surface area contributed by atoms with Crippen LogP contribution in [0.5, 0.6) is 0 Å². The molecule has 0 rings (SSSR count). The monoisotopic (exact) mass is 181 g/mol. The van der Waals surface area contributed by atoms with Crippen LogP contribution in [0, 0.1) is 23.2 Å². The summed E-state index contributed by atoms with van der Waals surface area (Å²) in [6, 6.07) is 2.01. The van der Waals surface area contributed by atoms with E-state index < -0.39 is 5.92 Å². The number of nitriles is 1. The number of unbranched alkanes of at least 4 members (excludes halogenated alkanes) is 1. The van der Waals surface area contributed by atoms with Gasteiger partial charge in [0.05, 0.1) is 6.07 Å². The fourth-order valence-electron chi connectivity index (χ4n) is 1.42. The minimum Gasteiger partial charge on any atom is -0.298 e. The molecule has 0 fully saturated rings. The molecule has 0 saturated heterocycles. The van der Waals surface area contributed by atoms with Gasteiger partial charge >= 0.3 is 0 Å². The highest BCUT2D eigenvalue weighted by atomic mass is 16.1. The van der Waals surface area contributed by atoms with Gasteiger partial charge in [-0.1, -0.05) is 26.7 Å². The smallest absolute Gasteiger partial charge is 0.152 e. The third-order valence-electron chi connectivity index (χ3n) is 2.42. The molecular weight excluding hydrogens is 162 g/mol. The highest BCUT2D eigenvalue weighted by Crippen LogP contribution is 2.17. The molecule has 0 saturated carbocycles. The van der Waals surface area contributed by atoms with Crippen LogP contribution in [-0.4, -0.2) is 5.78 Å². The lowest BCUT2D eigenvalue weighted by Gasteiger charge is -2.13. The van der Waals surface area contributed by atoms with Gasteiger partial charge in [0.1, 0.15) is 5.92 Å². The Labute approximate surface area is 80.9 Å². The first-order valence-corrected chi connectivity index (χ1v) is 5.10. The molecule has 0 aliphatic heterocycles. The van der Waals surface area contributed by atoms with Crippen molar-refractivity contribution in [2.24, 2.45) is 11.8 Å². The lowest BCUT2D eigenvalue weighted by molar-refractivity contribution is -0.125. The second kappa shape index (κ2) is 6.65. The van der Waals surface area contributed by atoms with Crippen LogP contribution >= 0.6 is 0 Å². The summed E-state index contributed by atoms with van der Waals surface area (Å²) < 4.78 is 0. The number of nitrogens with zero attached hydrogens (tertiary/aromatic N) is 1. The number of carbonyl (C=O) groups is 1. The van der Waals surface area contributed by atoms with Gasteiger partial charge in [-0.25, -0.2) is 0 Å². The zero-order valence-corrected chi connectivity index (χ0v) is 8.84. The summed E-state index contributed by atoms with van der Waals surface area (Å²) in [6.07, 6.45) is 4.01. The Morgan fingerprint density at radius 3 is 2.46 bits per heavy atom. The molecule has 0 aromatic heterocycles. The van der Waals surface area contributed by atoms with Crippen LogP contribution in [-0.2, 0) is 4.79 Å². The molecule has 0 aliphatic rings. The molecule has 0 aromatic carbocycles. The van der Waals surface area contributed by atoms with E-state index in [4.69, 9.17) is 5.26 Å². The van der Waals surface area contributed by atoms with Crippen molar-refractivity contribution in [2.75, 3.05) is 0 Å². The minimum absolute atomic E-state index is 0.106. The van der Waals surface area contributed by atoms with E-state index in [1.165, 1.54) is 0 Å². The van der Waals surface area contributed by atoms with Gasteiger partial charge in [-0.15, -0.1) is 0 Å². The van der Waals surface area contributed by atoms with Crippen LogP contribution in [0.4, 0.5) is 0 Å². The molecule has 0 bridgehead atoms. The van der Waals surface area contributed by atoms with Crippen molar-refractivity contribution in [3.63, 3.8) is 0 Å². The van der Waals surface area contributed by atoms with Crippen molar-refractivity contribution in [3.05, 3.63) is 0 Å². The summed E-state index contributed by atoms with van der Waals surface area (Å²) in [7, 11) is 0. The molecule has 2 nitrogen and oxygen atoms in total. The lowest BCUT2D eigenvalue weighted by atomic mass is 9.89. The number of Topliss-reactive ketones (excluding diaryl/α,β-unsaturated/α-hetero) is 1. The molecule has 0 aromatic rings. The Morgan fingerprint density at radius 2 is 2.08 bits per heavy atom. The number of carbonyl (C=O) groups excluding carboxylic acids is 1. The molecule has 0 aliphatic carbocycles. The average Bonchev–Trinajstić information content (AvgIpc) is 2.17. The van der Waals surface area contributed by atoms with Gasteiger partial charge in [-0.3, -0.25) is 4.79 Å². The topological polar surface area (TPSA) is 40.9 Å². The van der Waals surface area contributed by atoms with E-state index in [-0.39, 0.29) is 11.7 Å². The highest BCUT2D eigenvalue weighted by Gasteiger charge is 2.21. The maximum absolute atomic E-state index is 11.6. The standard InChI is InChI=1S/C11H19NO/c1-4-6-7-10(5-2)11(13)9(3)8-12/h9-10H,4-7H2,1-3H3. The maximum atomic E-state index is 11.6. The van der Waals surface area contributed by atoms with E-state index in [2.05, 4.69) is 6.92 Å². The van der Waals surface area contributed by atoms with Crippen molar-refractivity contribution in [3.8, 4) is 6.07 Å². The summed E-state index contributed by atoms with van der Waals surface area (Å²) in [4.78, 5) is 11.6. The molecule has 2 heteroatoms. The Kier molecular flexibility index (Phi) is 6.22. The van der Waals surface area contributed by atoms with Crippen molar-refractivity contribution < 1.29 is 4.79 Å². The molecule has 0 heterocycles. The van der Waals surface area contributed by atoms with E-state index in [1.807, 2.05) is 13.0 Å². The quantitative estimate of drug-likeness (QED) is 0.632. The van der Waals surface area contributed by atoms with Crippen molar-refractivity contribution in [1.29, 1.82) is 5.26 Å². The summed E-state index contributed by atoms with van der Waals surface area (Å²) in [5.74, 6) is -0.199. The molecular formula is C11H19NO. The van der Waals surface area contributed by atoms with Crippen LogP contribution < -0.4 is 0 Å². The molecule has 0 amide bonds. The van der Waals surface area contributed by atoms with Gasteiger partial charge in [-0.2, -0.15) is 5.26 Å². The average molecular weight is 181 g/mol. The van der Waals surface area contributed by atoms with Crippen LogP contribution in [0.3, 0.4) is 0 Å². The SMILES string of the molecule is CCCCC(CC)C(=O)C(C)C#N. The van der Waals surface area contributed by atoms with Crippen LogP contribution in [0.2, 0.25) is 0 Å². The zero-order valence-electron chi connectivity index (χ0n) is 8.84. The molecule has 2 unspecified atom stereocenters. The first-order chi connectivity index (χ1) is 6.17. The second-order valence-corrected chi connectivity index (χ2v) is 3.50. The Hall–Kier alpha value is -0.840. The van der Waals surface area contributed by atoms with Crippen molar-refractivity contribution in [2.45, 2.75) is 46.5 Å².